The number of alkyl halides is 6. The highest BCUT2D eigenvalue weighted by Gasteiger charge is 2.51. The average Bonchev–Trinajstić information content (AvgIpc) is 3.33. The molecule has 1 aliphatic rings. The molecule has 3 atom stereocenters. The van der Waals surface area contributed by atoms with Crippen LogP contribution in [-0.2, 0) is 6.18 Å². The molecule has 1 unspecified atom stereocenters. The number of halogens is 6. The lowest BCUT2D eigenvalue weighted by Crippen LogP contribution is -2.44. The monoisotopic (exact) mass is 549 g/mol. The first-order valence-corrected chi connectivity index (χ1v) is 11.6. The molecular weight excluding hydrogens is 528 g/mol. The maximum atomic E-state index is 13.8. The molecule has 4 rings (SSSR count). The number of carbonyl (C=O) groups is 1. The molecule has 0 spiro atoms. The van der Waals surface area contributed by atoms with Gasteiger partial charge in [0, 0.05) is 17.6 Å². The van der Waals surface area contributed by atoms with E-state index in [1.807, 2.05) is 0 Å². The lowest BCUT2D eigenvalue weighted by atomic mass is 9.88. The van der Waals surface area contributed by atoms with E-state index in [-0.39, 0.29) is 18.6 Å². The lowest BCUT2D eigenvalue weighted by molar-refractivity contribution is -0.156. The van der Waals surface area contributed by atoms with Gasteiger partial charge in [-0.15, -0.1) is 0 Å². The number of hydrogen-bond acceptors (Lipinski definition) is 5. The number of nitrogens with one attached hydrogen (secondary N) is 2. The Labute approximate surface area is 219 Å². The highest BCUT2D eigenvalue weighted by atomic mass is 19.4. The summed E-state index contributed by atoms with van der Waals surface area (Å²) >= 11 is 0. The van der Waals surface area contributed by atoms with Gasteiger partial charge in [0.1, 0.15) is 24.1 Å². The molecule has 0 bridgehead atoms. The van der Waals surface area contributed by atoms with E-state index in [4.69, 9.17) is 14.7 Å². The van der Waals surface area contributed by atoms with Crippen LogP contribution in [0.5, 0.6) is 11.5 Å². The van der Waals surface area contributed by atoms with Gasteiger partial charge in [0.15, 0.2) is 0 Å². The van der Waals surface area contributed by atoms with E-state index in [9.17, 15) is 31.1 Å². The van der Waals surface area contributed by atoms with Crippen LogP contribution >= 0.6 is 0 Å². The summed E-state index contributed by atoms with van der Waals surface area (Å²) in [5.74, 6) is -0.650. The van der Waals surface area contributed by atoms with Crippen molar-refractivity contribution in [1.82, 2.24) is 5.32 Å². The standard InChI is InChI=1S/C27H21F6N3O3/c28-26(29,30)23-12-16(6-7-17(23)14-34)22-13-19(35-24(22)27(31,32)33)15-38-20-10-8-18(9-11-20)36-25(37)39-21-4-2-1-3-5-21/h1-12,19,22,24,35H,13,15H2,(H,36,37)/t19-,22?,24+/m0/s1. The minimum atomic E-state index is -4.89. The number of para-hydroxylation sites is 1. The Morgan fingerprint density at radius 3 is 2.28 bits per heavy atom. The van der Waals surface area contributed by atoms with Gasteiger partial charge in [-0.25, -0.2) is 4.79 Å². The van der Waals surface area contributed by atoms with Crippen LogP contribution in [0.2, 0.25) is 0 Å². The third-order valence-corrected chi connectivity index (χ3v) is 6.11. The molecule has 1 aliphatic heterocycles. The quantitative estimate of drug-likeness (QED) is 0.337. The van der Waals surface area contributed by atoms with Gasteiger partial charge < -0.3 is 9.47 Å². The van der Waals surface area contributed by atoms with Crippen LogP contribution in [-0.4, -0.2) is 31.0 Å². The number of nitriles is 1. The summed E-state index contributed by atoms with van der Waals surface area (Å²) in [5.41, 5.74) is -1.71. The Morgan fingerprint density at radius 1 is 0.974 bits per heavy atom. The van der Waals surface area contributed by atoms with Crippen molar-refractivity contribution in [2.24, 2.45) is 0 Å². The molecule has 0 radical (unpaired) electrons. The van der Waals surface area contributed by atoms with Crippen molar-refractivity contribution in [3.05, 3.63) is 89.5 Å². The van der Waals surface area contributed by atoms with Gasteiger partial charge in [-0.1, -0.05) is 24.3 Å². The number of ether oxygens (including phenoxy) is 2. The van der Waals surface area contributed by atoms with Crippen molar-refractivity contribution >= 4 is 11.8 Å². The van der Waals surface area contributed by atoms with Gasteiger partial charge in [-0.2, -0.15) is 31.6 Å². The Balaban J connectivity index is 1.39. The zero-order valence-electron chi connectivity index (χ0n) is 20.0. The van der Waals surface area contributed by atoms with Gasteiger partial charge in [0.25, 0.3) is 0 Å². The first-order valence-electron chi connectivity index (χ1n) is 11.6. The summed E-state index contributed by atoms with van der Waals surface area (Å²) in [6.45, 7) is -0.186. The zero-order chi connectivity index (χ0) is 28.2. The second-order valence-corrected chi connectivity index (χ2v) is 8.80. The zero-order valence-corrected chi connectivity index (χ0v) is 20.0. The van der Waals surface area contributed by atoms with Crippen LogP contribution in [0.1, 0.15) is 29.0 Å². The molecule has 3 aromatic rings. The van der Waals surface area contributed by atoms with Crippen LogP contribution < -0.4 is 20.1 Å². The van der Waals surface area contributed by atoms with Crippen molar-refractivity contribution in [3.63, 3.8) is 0 Å². The van der Waals surface area contributed by atoms with Crippen molar-refractivity contribution < 1.29 is 40.6 Å². The molecule has 0 aromatic heterocycles. The fraction of sp³-hybridized carbons (Fsp3) is 0.259. The summed E-state index contributed by atoms with van der Waals surface area (Å²) in [5, 5.41) is 13.9. The van der Waals surface area contributed by atoms with Crippen molar-refractivity contribution in [2.45, 2.75) is 36.8 Å². The van der Waals surface area contributed by atoms with Crippen LogP contribution in [0, 0.1) is 11.3 Å². The topological polar surface area (TPSA) is 83.4 Å². The van der Waals surface area contributed by atoms with E-state index in [1.54, 1.807) is 30.3 Å². The van der Waals surface area contributed by atoms with Gasteiger partial charge in [0.05, 0.1) is 17.2 Å². The average molecular weight is 549 g/mol. The normalized spacial score (nSPS) is 19.3. The molecule has 6 nitrogen and oxygen atoms in total. The SMILES string of the molecule is N#Cc1ccc(C2C[C@@H](COc3ccc(NC(=O)Oc4ccccc4)cc3)N[C@H]2C(F)(F)F)cc1C(F)(F)F. The van der Waals surface area contributed by atoms with Crippen molar-refractivity contribution in [3.8, 4) is 17.6 Å². The Hall–Kier alpha value is -4.24. The Morgan fingerprint density at radius 2 is 1.67 bits per heavy atom. The second-order valence-electron chi connectivity index (χ2n) is 8.80. The Kier molecular flexibility index (Phi) is 8.01. The highest BCUT2D eigenvalue weighted by Crippen LogP contribution is 2.42. The predicted octanol–water partition coefficient (Wildman–Crippen LogP) is 6.64. The first-order chi connectivity index (χ1) is 18.4. The second kappa shape index (κ2) is 11.2. The smallest absolute Gasteiger partial charge is 0.417 e. The number of nitrogens with zero attached hydrogens (tertiary/aromatic N) is 1. The first kappa shape index (κ1) is 27.8. The molecule has 204 valence electrons. The molecule has 1 saturated heterocycles. The van der Waals surface area contributed by atoms with E-state index in [1.165, 1.54) is 30.3 Å². The van der Waals surface area contributed by atoms with Gasteiger partial charge in [0.2, 0.25) is 0 Å². The van der Waals surface area contributed by atoms with Crippen LogP contribution in [0.3, 0.4) is 0 Å². The fourth-order valence-corrected chi connectivity index (χ4v) is 4.34. The molecule has 1 amide bonds. The van der Waals surface area contributed by atoms with E-state index >= 15 is 0 Å². The van der Waals surface area contributed by atoms with Crippen LogP contribution in [0.25, 0.3) is 0 Å². The Bertz CT molecular complexity index is 1340. The minimum absolute atomic E-state index is 0.141. The molecule has 1 fully saturated rings. The number of carbonyl (C=O) groups excluding carboxylic acids is 1. The van der Waals surface area contributed by atoms with Gasteiger partial charge in [-0.05, 0) is 60.5 Å². The molecule has 0 saturated carbocycles. The third kappa shape index (κ3) is 7.00. The molecule has 12 heteroatoms. The maximum Gasteiger partial charge on any atom is 0.417 e. The molecule has 39 heavy (non-hydrogen) atoms. The van der Waals surface area contributed by atoms with E-state index < -0.39 is 47.6 Å². The number of benzene rings is 3. The van der Waals surface area contributed by atoms with Crippen LogP contribution in [0.15, 0.2) is 72.8 Å². The van der Waals surface area contributed by atoms with E-state index in [0.717, 1.165) is 12.1 Å². The van der Waals surface area contributed by atoms with Crippen LogP contribution in [0.4, 0.5) is 36.8 Å². The highest BCUT2D eigenvalue weighted by molar-refractivity contribution is 5.86. The fourth-order valence-electron chi connectivity index (χ4n) is 4.34. The van der Waals surface area contributed by atoms with E-state index in [2.05, 4.69) is 10.6 Å². The number of rotatable bonds is 6. The van der Waals surface area contributed by atoms with Crippen molar-refractivity contribution in [1.29, 1.82) is 5.26 Å². The summed E-state index contributed by atoms with van der Waals surface area (Å²) < 4.78 is 92.2. The van der Waals surface area contributed by atoms with Crippen molar-refractivity contribution in [2.75, 3.05) is 11.9 Å². The summed E-state index contributed by atoms with van der Waals surface area (Å²) in [4.78, 5) is 12.0. The molecule has 1 heterocycles. The molecular formula is C27H21F6N3O3. The molecule has 2 N–H and O–H groups in total. The van der Waals surface area contributed by atoms with E-state index in [0.29, 0.717) is 23.3 Å². The minimum Gasteiger partial charge on any atom is -0.492 e. The predicted molar refractivity (Wildman–Crippen MR) is 128 cm³/mol. The summed E-state index contributed by atoms with van der Waals surface area (Å²) in [6.07, 6.45) is -10.5. The molecule has 3 aromatic carbocycles. The lowest BCUT2D eigenvalue weighted by Gasteiger charge is -2.23. The van der Waals surface area contributed by atoms with Gasteiger partial charge in [-0.3, -0.25) is 10.6 Å². The third-order valence-electron chi connectivity index (χ3n) is 6.11. The molecule has 0 aliphatic carbocycles. The maximum absolute atomic E-state index is 13.8. The number of anilines is 1. The number of amides is 1. The summed E-state index contributed by atoms with van der Waals surface area (Å²) in [7, 11) is 0. The summed E-state index contributed by atoms with van der Waals surface area (Å²) in [6, 6.07) is 15.6. The largest absolute Gasteiger partial charge is 0.492 e. The number of hydrogen-bond donors (Lipinski definition) is 2. The van der Waals surface area contributed by atoms with Gasteiger partial charge >= 0.3 is 18.4 Å².